The first-order valence-electron chi connectivity index (χ1n) is 6.55. The molecular formula is C15H14FN3O2S. The number of benzene rings is 1. The van der Waals surface area contributed by atoms with E-state index in [-0.39, 0.29) is 17.5 Å². The molecule has 0 unspecified atom stereocenters. The van der Waals surface area contributed by atoms with E-state index in [0.29, 0.717) is 23.9 Å². The summed E-state index contributed by atoms with van der Waals surface area (Å²) in [6.07, 6.45) is 1.85. The number of nitrogens with zero attached hydrogens (tertiary/aromatic N) is 3. The Labute approximate surface area is 131 Å². The van der Waals surface area contributed by atoms with E-state index in [1.807, 2.05) is 6.07 Å². The van der Waals surface area contributed by atoms with E-state index in [0.717, 1.165) is 5.56 Å². The lowest BCUT2D eigenvalue weighted by atomic mass is 10.2. The average molecular weight is 319 g/mol. The Morgan fingerprint density at radius 3 is 2.86 bits per heavy atom. The third-order valence-electron chi connectivity index (χ3n) is 2.92. The van der Waals surface area contributed by atoms with Crippen LogP contribution in [-0.4, -0.2) is 35.1 Å². The van der Waals surface area contributed by atoms with Crippen molar-refractivity contribution in [3.05, 3.63) is 36.3 Å². The molecule has 0 atom stereocenters. The van der Waals surface area contributed by atoms with E-state index in [2.05, 4.69) is 4.98 Å². The van der Waals surface area contributed by atoms with Gasteiger partial charge >= 0.3 is 0 Å². The lowest BCUT2D eigenvalue weighted by Gasteiger charge is -2.14. The standard InChI is InChI=1S/C15H14FN3O2S/c1-19(8-2-7-17)14(20)10-22-15-18-9-13(21-15)11-3-5-12(16)6-4-11/h3-6,9H,2,8,10H2,1H3. The van der Waals surface area contributed by atoms with Crippen LogP contribution in [0, 0.1) is 17.1 Å². The van der Waals surface area contributed by atoms with Crippen LogP contribution in [0.2, 0.25) is 0 Å². The Morgan fingerprint density at radius 2 is 2.18 bits per heavy atom. The first-order chi connectivity index (χ1) is 10.6. The van der Waals surface area contributed by atoms with Crippen LogP contribution >= 0.6 is 11.8 Å². The largest absolute Gasteiger partial charge is 0.431 e. The van der Waals surface area contributed by atoms with Gasteiger partial charge in [0.1, 0.15) is 5.82 Å². The number of thioether (sulfide) groups is 1. The fraction of sp³-hybridized carbons (Fsp3) is 0.267. The molecule has 7 heteroatoms. The number of carbonyl (C=O) groups is 1. The second-order valence-corrected chi connectivity index (χ2v) is 5.44. The second-order valence-electron chi connectivity index (χ2n) is 4.51. The lowest BCUT2D eigenvalue weighted by Crippen LogP contribution is -2.29. The van der Waals surface area contributed by atoms with Crippen molar-refractivity contribution in [3.8, 4) is 17.4 Å². The van der Waals surface area contributed by atoms with Crippen LogP contribution in [0.3, 0.4) is 0 Å². The van der Waals surface area contributed by atoms with Crippen LogP contribution in [0.4, 0.5) is 4.39 Å². The highest BCUT2D eigenvalue weighted by atomic mass is 32.2. The lowest BCUT2D eigenvalue weighted by molar-refractivity contribution is -0.127. The number of oxazole rings is 1. The number of hydrogen-bond donors (Lipinski definition) is 0. The zero-order chi connectivity index (χ0) is 15.9. The average Bonchev–Trinajstić information content (AvgIpc) is 2.99. The fourth-order valence-electron chi connectivity index (χ4n) is 1.65. The van der Waals surface area contributed by atoms with Gasteiger partial charge in [0.2, 0.25) is 5.91 Å². The molecule has 0 radical (unpaired) electrons. The maximum absolute atomic E-state index is 12.9. The van der Waals surface area contributed by atoms with Gasteiger partial charge in [-0.3, -0.25) is 4.79 Å². The first kappa shape index (κ1) is 16.0. The molecule has 1 aromatic heterocycles. The zero-order valence-corrected chi connectivity index (χ0v) is 12.8. The monoisotopic (exact) mass is 319 g/mol. The van der Waals surface area contributed by atoms with Crippen molar-refractivity contribution < 1.29 is 13.6 Å². The van der Waals surface area contributed by atoms with Crippen molar-refractivity contribution in [2.24, 2.45) is 0 Å². The van der Waals surface area contributed by atoms with Gasteiger partial charge in [0.25, 0.3) is 5.22 Å². The Kier molecular flexibility index (Phi) is 5.55. The molecule has 1 aromatic carbocycles. The van der Waals surface area contributed by atoms with E-state index in [1.54, 1.807) is 25.4 Å². The summed E-state index contributed by atoms with van der Waals surface area (Å²) < 4.78 is 18.4. The van der Waals surface area contributed by atoms with Crippen LogP contribution in [0.5, 0.6) is 0 Å². The summed E-state index contributed by atoms with van der Waals surface area (Å²) in [6.45, 7) is 0.405. The highest BCUT2D eigenvalue weighted by Gasteiger charge is 2.12. The van der Waals surface area contributed by atoms with Crippen molar-refractivity contribution in [1.29, 1.82) is 5.26 Å². The van der Waals surface area contributed by atoms with Crippen LogP contribution < -0.4 is 0 Å². The molecule has 0 fully saturated rings. The van der Waals surface area contributed by atoms with Crippen molar-refractivity contribution in [3.63, 3.8) is 0 Å². The number of rotatable bonds is 6. The van der Waals surface area contributed by atoms with Crippen LogP contribution in [0.25, 0.3) is 11.3 Å². The molecular weight excluding hydrogens is 305 g/mol. The molecule has 0 bridgehead atoms. The molecule has 2 aromatic rings. The number of carbonyl (C=O) groups excluding carboxylic acids is 1. The van der Waals surface area contributed by atoms with Crippen molar-refractivity contribution >= 4 is 17.7 Å². The Balaban J connectivity index is 1.91. The van der Waals surface area contributed by atoms with Gasteiger partial charge in [-0.05, 0) is 24.3 Å². The minimum absolute atomic E-state index is 0.0956. The quantitative estimate of drug-likeness (QED) is 0.766. The summed E-state index contributed by atoms with van der Waals surface area (Å²) in [6, 6.07) is 7.89. The minimum atomic E-state index is -0.316. The van der Waals surface area contributed by atoms with Gasteiger partial charge < -0.3 is 9.32 Å². The summed E-state index contributed by atoms with van der Waals surface area (Å²) in [5.41, 5.74) is 0.721. The third kappa shape index (κ3) is 4.33. The Hall–Kier alpha value is -2.33. The number of hydrogen-bond acceptors (Lipinski definition) is 5. The molecule has 0 aliphatic carbocycles. The van der Waals surface area contributed by atoms with E-state index >= 15 is 0 Å². The van der Waals surface area contributed by atoms with Crippen LogP contribution in [0.1, 0.15) is 6.42 Å². The van der Waals surface area contributed by atoms with Gasteiger partial charge in [-0.2, -0.15) is 5.26 Å². The summed E-state index contributed by atoms with van der Waals surface area (Å²) in [5.74, 6) is 0.295. The molecule has 22 heavy (non-hydrogen) atoms. The Morgan fingerprint density at radius 1 is 1.45 bits per heavy atom. The fourth-order valence-corrected chi connectivity index (χ4v) is 2.39. The number of aromatic nitrogens is 1. The number of halogens is 1. The molecule has 114 valence electrons. The van der Waals surface area contributed by atoms with E-state index in [9.17, 15) is 9.18 Å². The zero-order valence-electron chi connectivity index (χ0n) is 12.0. The maximum atomic E-state index is 12.9. The molecule has 1 amide bonds. The molecule has 0 aliphatic rings. The second kappa shape index (κ2) is 7.61. The van der Waals surface area contributed by atoms with E-state index in [1.165, 1.54) is 28.8 Å². The van der Waals surface area contributed by atoms with Crippen LogP contribution in [0.15, 0.2) is 40.1 Å². The summed E-state index contributed by atoms with van der Waals surface area (Å²) in [7, 11) is 1.65. The summed E-state index contributed by atoms with van der Waals surface area (Å²) >= 11 is 1.18. The van der Waals surface area contributed by atoms with Gasteiger partial charge in [0.15, 0.2) is 5.76 Å². The normalized spacial score (nSPS) is 10.2. The van der Waals surface area contributed by atoms with Crippen molar-refractivity contribution in [2.75, 3.05) is 19.3 Å². The van der Waals surface area contributed by atoms with Gasteiger partial charge in [-0.25, -0.2) is 9.37 Å². The van der Waals surface area contributed by atoms with Crippen molar-refractivity contribution in [1.82, 2.24) is 9.88 Å². The molecule has 5 nitrogen and oxygen atoms in total. The summed E-state index contributed by atoms with van der Waals surface area (Å²) in [5, 5.41) is 8.87. The predicted molar refractivity (Wildman–Crippen MR) is 80.5 cm³/mol. The molecule has 0 N–H and O–H groups in total. The van der Waals surface area contributed by atoms with Gasteiger partial charge in [-0.1, -0.05) is 11.8 Å². The third-order valence-corrected chi connectivity index (χ3v) is 3.74. The summed E-state index contributed by atoms with van der Waals surface area (Å²) in [4.78, 5) is 17.4. The highest BCUT2D eigenvalue weighted by Crippen LogP contribution is 2.25. The predicted octanol–water partition coefficient (Wildman–Crippen LogP) is 2.94. The maximum Gasteiger partial charge on any atom is 0.256 e. The Bertz CT molecular complexity index is 679. The topological polar surface area (TPSA) is 70.1 Å². The molecule has 0 saturated carbocycles. The number of nitriles is 1. The molecule has 0 saturated heterocycles. The number of amides is 1. The first-order valence-corrected chi connectivity index (χ1v) is 7.54. The molecule has 0 spiro atoms. The molecule has 1 heterocycles. The van der Waals surface area contributed by atoms with Gasteiger partial charge in [0, 0.05) is 19.2 Å². The minimum Gasteiger partial charge on any atom is -0.431 e. The highest BCUT2D eigenvalue weighted by molar-refractivity contribution is 7.99. The SMILES string of the molecule is CN(CCC#N)C(=O)CSc1ncc(-c2ccc(F)cc2)o1. The van der Waals surface area contributed by atoms with E-state index < -0.39 is 0 Å². The molecule has 0 aliphatic heterocycles. The van der Waals surface area contributed by atoms with Crippen molar-refractivity contribution in [2.45, 2.75) is 11.6 Å². The van der Waals surface area contributed by atoms with Gasteiger partial charge in [0.05, 0.1) is 24.4 Å². The van der Waals surface area contributed by atoms with Gasteiger partial charge in [-0.15, -0.1) is 0 Å². The van der Waals surface area contributed by atoms with E-state index in [4.69, 9.17) is 9.68 Å². The smallest absolute Gasteiger partial charge is 0.256 e. The molecule has 2 rings (SSSR count). The van der Waals surface area contributed by atoms with Crippen LogP contribution in [-0.2, 0) is 4.79 Å².